The van der Waals surface area contributed by atoms with Crippen LogP contribution in [0, 0.1) is 0 Å². The quantitative estimate of drug-likeness (QED) is 0.607. The van der Waals surface area contributed by atoms with Gasteiger partial charge in [-0.05, 0) is 13.3 Å². The van der Waals surface area contributed by atoms with Gasteiger partial charge in [0.1, 0.15) is 12.6 Å². The predicted molar refractivity (Wildman–Crippen MR) is 57.1 cm³/mol. The Balaban J connectivity index is 3.93. The van der Waals surface area contributed by atoms with E-state index >= 15 is 0 Å². The Labute approximate surface area is 90.4 Å². The number of nitrogens with one attached hydrogen (secondary N) is 1. The van der Waals surface area contributed by atoms with E-state index in [1.165, 1.54) is 0 Å². The highest BCUT2D eigenvalue weighted by Crippen LogP contribution is 1.99. The zero-order valence-electron chi connectivity index (χ0n) is 9.41. The van der Waals surface area contributed by atoms with Crippen molar-refractivity contribution >= 4 is 11.8 Å². The molecule has 0 unspecified atom stereocenters. The lowest BCUT2D eigenvalue weighted by atomic mass is 10.1. The largest absolute Gasteiger partial charge is 0.372 e. The lowest BCUT2D eigenvalue weighted by molar-refractivity contribution is -0.130. The summed E-state index contributed by atoms with van der Waals surface area (Å²) in [6, 6.07) is -0.571. The first-order chi connectivity index (χ1) is 7.11. The molecule has 0 aliphatic rings. The molecular weight excluding hydrogens is 196 g/mol. The molecule has 0 aromatic heterocycles. The summed E-state index contributed by atoms with van der Waals surface area (Å²) in [5, 5.41) is 2.55. The van der Waals surface area contributed by atoms with Crippen molar-refractivity contribution in [2.24, 2.45) is 5.73 Å². The molecule has 0 saturated heterocycles. The molecule has 0 fully saturated rings. The fourth-order valence-electron chi connectivity index (χ4n) is 1.12. The Morgan fingerprint density at radius 2 is 2.07 bits per heavy atom. The second kappa shape index (κ2) is 8.23. The Bertz CT molecular complexity index is 207. The van der Waals surface area contributed by atoms with Crippen molar-refractivity contribution in [3.63, 3.8) is 0 Å². The Kier molecular flexibility index (Phi) is 7.62. The maximum absolute atomic E-state index is 11.2. The van der Waals surface area contributed by atoms with Crippen LogP contribution in [0.4, 0.5) is 0 Å². The van der Waals surface area contributed by atoms with E-state index in [1.54, 1.807) is 6.92 Å². The van der Waals surface area contributed by atoms with Crippen LogP contribution in [-0.2, 0) is 14.3 Å². The SMILES string of the molecule is CCCC[C@H](NC(=O)COCC)C(N)=O. The summed E-state index contributed by atoms with van der Waals surface area (Å²) in [4.78, 5) is 22.2. The van der Waals surface area contributed by atoms with Crippen molar-refractivity contribution < 1.29 is 14.3 Å². The molecular formula is C10H20N2O3. The second-order valence-corrected chi connectivity index (χ2v) is 3.30. The second-order valence-electron chi connectivity index (χ2n) is 3.30. The zero-order valence-corrected chi connectivity index (χ0v) is 9.41. The van der Waals surface area contributed by atoms with Crippen LogP contribution in [-0.4, -0.2) is 31.1 Å². The standard InChI is InChI=1S/C10H20N2O3/c1-3-5-6-8(10(11)14)12-9(13)7-15-4-2/h8H,3-7H2,1-2H3,(H2,11,14)(H,12,13)/t8-/m0/s1. The number of primary amides is 1. The van der Waals surface area contributed by atoms with Gasteiger partial charge in [-0.1, -0.05) is 19.8 Å². The number of unbranched alkanes of at least 4 members (excludes halogenated alkanes) is 1. The van der Waals surface area contributed by atoms with Gasteiger partial charge in [0.05, 0.1) is 0 Å². The molecule has 0 rings (SSSR count). The molecule has 0 saturated carbocycles. The third-order valence-corrected chi connectivity index (χ3v) is 1.96. The van der Waals surface area contributed by atoms with Crippen LogP contribution in [0.25, 0.3) is 0 Å². The van der Waals surface area contributed by atoms with E-state index in [9.17, 15) is 9.59 Å². The van der Waals surface area contributed by atoms with Crippen LogP contribution in [0.5, 0.6) is 0 Å². The molecule has 0 aromatic rings. The summed E-state index contributed by atoms with van der Waals surface area (Å²) < 4.78 is 4.92. The molecule has 2 amide bonds. The van der Waals surface area contributed by atoms with Crippen LogP contribution in [0.15, 0.2) is 0 Å². The maximum Gasteiger partial charge on any atom is 0.246 e. The summed E-state index contributed by atoms with van der Waals surface area (Å²) in [6.45, 7) is 4.27. The highest BCUT2D eigenvalue weighted by molar-refractivity contribution is 5.86. The van der Waals surface area contributed by atoms with Gasteiger partial charge in [0.2, 0.25) is 11.8 Å². The lowest BCUT2D eigenvalue weighted by Crippen LogP contribution is -2.45. The first-order valence-corrected chi connectivity index (χ1v) is 5.28. The monoisotopic (exact) mass is 216 g/mol. The van der Waals surface area contributed by atoms with E-state index in [0.717, 1.165) is 12.8 Å². The van der Waals surface area contributed by atoms with Crippen LogP contribution < -0.4 is 11.1 Å². The van der Waals surface area contributed by atoms with Gasteiger partial charge < -0.3 is 15.8 Å². The molecule has 88 valence electrons. The van der Waals surface area contributed by atoms with Gasteiger partial charge in [-0.15, -0.1) is 0 Å². The molecule has 15 heavy (non-hydrogen) atoms. The van der Waals surface area contributed by atoms with Gasteiger partial charge in [0, 0.05) is 6.61 Å². The molecule has 1 atom stereocenters. The van der Waals surface area contributed by atoms with E-state index in [1.807, 2.05) is 6.92 Å². The molecule has 5 heteroatoms. The van der Waals surface area contributed by atoms with E-state index in [2.05, 4.69) is 5.32 Å². The first kappa shape index (κ1) is 13.9. The van der Waals surface area contributed by atoms with E-state index in [-0.39, 0.29) is 12.5 Å². The van der Waals surface area contributed by atoms with Crippen molar-refractivity contribution in [1.82, 2.24) is 5.32 Å². The normalized spacial score (nSPS) is 12.1. The van der Waals surface area contributed by atoms with Crippen LogP contribution in [0.2, 0.25) is 0 Å². The fraction of sp³-hybridized carbons (Fsp3) is 0.800. The van der Waals surface area contributed by atoms with Gasteiger partial charge in [0.25, 0.3) is 0 Å². The highest BCUT2D eigenvalue weighted by atomic mass is 16.5. The van der Waals surface area contributed by atoms with Gasteiger partial charge in [-0.25, -0.2) is 0 Å². The van der Waals surface area contributed by atoms with Crippen LogP contribution in [0.1, 0.15) is 33.1 Å². The van der Waals surface area contributed by atoms with E-state index in [0.29, 0.717) is 13.0 Å². The van der Waals surface area contributed by atoms with Crippen molar-refractivity contribution in [3.05, 3.63) is 0 Å². The van der Waals surface area contributed by atoms with Crippen molar-refractivity contribution in [3.8, 4) is 0 Å². The number of hydrogen-bond acceptors (Lipinski definition) is 3. The van der Waals surface area contributed by atoms with Gasteiger partial charge in [-0.2, -0.15) is 0 Å². The third-order valence-electron chi connectivity index (χ3n) is 1.96. The number of hydrogen-bond donors (Lipinski definition) is 2. The molecule has 0 radical (unpaired) electrons. The highest BCUT2D eigenvalue weighted by Gasteiger charge is 2.16. The molecule has 0 aliphatic carbocycles. The minimum atomic E-state index is -0.571. The summed E-state index contributed by atoms with van der Waals surface area (Å²) in [7, 11) is 0. The number of carbonyl (C=O) groups is 2. The fourth-order valence-corrected chi connectivity index (χ4v) is 1.12. The summed E-state index contributed by atoms with van der Waals surface area (Å²) in [5.41, 5.74) is 5.16. The number of rotatable bonds is 8. The average Bonchev–Trinajstić information content (AvgIpc) is 2.20. The molecule has 5 nitrogen and oxygen atoms in total. The van der Waals surface area contributed by atoms with Crippen molar-refractivity contribution in [2.45, 2.75) is 39.2 Å². The number of amides is 2. The van der Waals surface area contributed by atoms with E-state index in [4.69, 9.17) is 10.5 Å². The first-order valence-electron chi connectivity index (χ1n) is 5.28. The molecule has 0 bridgehead atoms. The molecule has 3 N–H and O–H groups in total. The van der Waals surface area contributed by atoms with Crippen molar-refractivity contribution in [1.29, 1.82) is 0 Å². The van der Waals surface area contributed by atoms with Crippen molar-refractivity contribution in [2.75, 3.05) is 13.2 Å². The number of ether oxygens (including phenoxy) is 1. The summed E-state index contributed by atoms with van der Waals surface area (Å²) in [6.07, 6.45) is 2.41. The number of carbonyl (C=O) groups excluding carboxylic acids is 2. The summed E-state index contributed by atoms with van der Waals surface area (Å²) in [5.74, 6) is -0.787. The topological polar surface area (TPSA) is 81.4 Å². The van der Waals surface area contributed by atoms with Gasteiger partial charge in [-0.3, -0.25) is 9.59 Å². The Hall–Kier alpha value is -1.10. The van der Waals surface area contributed by atoms with Crippen LogP contribution in [0.3, 0.4) is 0 Å². The maximum atomic E-state index is 11.2. The average molecular weight is 216 g/mol. The number of nitrogens with two attached hydrogens (primary N) is 1. The minimum absolute atomic E-state index is 0.0214. The smallest absolute Gasteiger partial charge is 0.246 e. The van der Waals surface area contributed by atoms with Gasteiger partial charge >= 0.3 is 0 Å². The predicted octanol–water partition coefficient (Wildman–Crippen LogP) is 0.183. The third kappa shape index (κ3) is 6.90. The van der Waals surface area contributed by atoms with Gasteiger partial charge in [0.15, 0.2) is 0 Å². The molecule has 0 aromatic carbocycles. The molecule has 0 spiro atoms. The zero-order chi connectivity index (χ0) is 11.7. The molecule has 0 aliphatic heterocycles. The lowest BCUT2D eigenvalue weighted by Gasteiger charge is -2.14. The van der Waals surface area contributed by atoms with E-state index < -0.39 is 11.9 Å². The Morgan fingerprint density at radius 3 is 2.53 bits per heavy atom. The Morgan fingerprint density at radius 1 is 1.40 bits per heavy atom. The van der Waals surface area contributed by atoms with Crippen LogP contribution >= 0.6 is 0 Å². The minimum Gasteiger partial charge on any atom is -0.372 e. The summed E-state index contributed by atoms with van der Waals surface area (Å²) >= 11 is 0. The molecule has 0 heterocycles.